The summed E-state index contributed by atoms with van der Waals surface area (Å²) < 4.78 is 0. The fourth-order valence-electron chi connectivity index (χ4n) is 1.75. The van der Waals surface area contributed by atoms with E-state index in [0.29, 0.717) is 6.04 Å². The molecule has 0 radical (unpaired) electrons. The van der Waals surface area contributed by atoms with Crippen LogP contribution in [0.15, 0.2) is 0 Å². The zero-order valence-corrected chi connectivity index (χ0v) is 10.7. The van der Waals surface area contributed by atoms with Crippen molar-refractivity contribution in [2.24, 2.45) is 5.73 Å². The molecule has 1 atom stereocenters. The second-order valence-corrected chi connectivity index (χ2v) is 4.52. The topological polar surface area (TPSA) is 38.0 Å². The fraction of sp³-hybridized carbons (Fsp3) is 1.00. The summed E-state index contributed by atoms with van der Waals surface area (Å²) in [5.41, 5.74) is 5.99. The average molecular weight is 214 g/mol. The van der Waals surface area contributed by atoms with Crippen molar-refractivity contribution in [3.05, 3.63) is 0 Å². The molecule has 0 spiro atoms. The predicted octanol–water partition coefficient (Wildman–Crippen LogP) is 3.06. The summed E-state index contributed by atoms with van der Waals surface area (Å²) in [4.78, 5) is 0. The highest BCUT2D eigenvalue weighted by Gasteiger charge is 2.00. The van der Waals surface area contributed by atoms with Gasteiger partial charge in [0.2, 0.25) is 0 Å². The van der Waals surface area contributed by atoms with Crippen LogP contribution in [-0.2, 0) is 0 Å². The molecule has 0 aromatic rings. The summed E-state index contributed by atoms with van der Waals surface area (Å²) >= 11 is 0. The molecule has 0 aliphatic heterocycles. The molecule has 92 valence electrons. The van der Waals surface area contributed by atoms with Crippen LogP contribution in [0.4, 0.5) is 0 Å². The van der Waals surface area contributed by atoms with Crippen molar-refractivity contribution in [1.82, 2.24) is 5.32 Å². The standard InChI is InChI=1S/C13H30N2/c1-3-5-6-7-8-9-10-13(14)12-15-11-4-2/h13,15H,3-12,14H2,1-2H3/t13-/m0/s1. The van der Waals surface area contributed by atoms with Crippen LogP contribution in [0.3, 0.4) is 0 Å². The van der Waals surface area contributed by atoms with Gasteiger partial charge in [-0.15, -0.1) is 0 Å². The van der Waals surface area contributed by atoms with E-state index < -0.39 is 0 Å². The lowest BCUT2D eigenvalue weighted by Gasteiger charge is -2.11. The van der Waals surface area contributed by atoms with E-state index in [1.165, 1.54) is 51.4 Å². The van der Waals surface area contributed by atoms with Gasteiger partial charge in [0.05, 0.1) is 0 Å². The first-order valence-corrected chi connectivity index (χ1v) is 6.77. The highest BCUT2D eigenvalue weighted by molar-refractivity contribution is 4.64. The zero-order chi connectivity index (χ0) is 11.4. The number of unbranched alkanes of at least 4 members (excludes halogenated alkanes) is 5. The van der Waals surface area contributed by atoms with E-state index in [1.54, 1.807) is 0 Å². The minimum absolute atomic E-state index is 0.364. The van der Waals surface area contributed by atoms with Crippen molar-refractivity contribution in [2.45, 2.75) is 71.3 Å². The number of nitrogens with two attached hydrogens (primary N) is 1. The van der Waals surface area contributed by atoms with E-state index >= 15 is 0 Å². The van der Waals surface area contributed by atoms with Crippen LogP contribution in [0.2, 0.25) is 0 Å². The van der Waals surface area contributed by atoms with Gasteiger partial charge in [-0.25, -0.2) is 0 Å². The molecule has 0 heterocycles. The Morgan fingerprint density at radius 1 is 0.933 bits per heavy atom. The molecule has 0 aliphatic carbocycles. The Balaban J connectivity index is 3.06. The van der Waals surface area contributed by atoms with Crippen molar-refractivity contribution >= 4 is 0 Å². The second kappa shape index (κ2) is 12.0. The first-order chi connectivity index (χ1) is 7.31. The van der Waals surface area contributed by atoms with Crippen molar-refractivity contribution in [2.75, 3.05) is 13.1 Å². The Morgan fingerprint density at radius 2 is 1.60 bits per heavy atom. The number of hydrogen-bond donors (Lipinski definition) is 2. The highest BCUT2D eigenvalue weighted by Crippen LogP contribution is 2.07. The summed E-state index contributed by atoms with van der Waals surface area (Å²) in [6, 6.07) is 0.364. The molecule has 0 aliphatic rings. The number of nitrogens with one attached hydrogen (secondary N) is 1. The molecular formula is C13H30N2. The maximum absolute atomic E-state index is 5.99. The van der Waals surface area contributed by atoms with Gasteiger partial charge < -0.3 is 11.1 Å². The van der Waals surface area contributed by atoms with E-state index in [0.717, 1.165) is 13.1 Å². The van der Waals surface area contributed by atoms with E-state index in [9.17, 15) is 0 Å². The van der Waals surface area contributed by atoms with Gasteiger partial charge >= 0.3 is 0 Å². The Hall–Kier alpha value is -0.0800. The minimum atomic E-state index is 0.364. The lowest BCUT2D eigenvalue weighted by Crippen LogP contribution is -2.34. The van der Waals surface area contributed by atoms with Crippen molar-refractivity contribution in [1.29, 1.82) is 0 Å². The molecule has 0 bridgehead atoms. The molecule has 15 heavy (non-hydrogen) atoms. The Morgan fingerprint density at radius 3 is 2.27 bits per heavy atom. The van der Waals surface area contributed by atoms with Crippen LogP contribution < -0.4 is 11.1 Å². The highest BCUT2D eigenvalue weighted by atomic mass is 14.9. The molecule has 0 aromatic heterocycles. The van der Waals surface area contributed by atoms with Gasteiger partial charge in [-0.05, 0) is 19.4 Å². The maximum atomic E-state index is 5.99. The zero-order valence-electron chi connectivity index (χ0n) is 10.7. The molecule has 0 saturated heterocycles. The van der Waals surface area contributed by atoms with E-state index in [1.807, 2.05) is 0 Å². The maximum Gasteiger partial charge on any atom is 0.0165 e. The summed E-state index contributed by atoms with van der Waals surface area (Å²) in [6.07, 6.45) is 10.6. The Kier molecular flexibility index (Phi) is 11.9. The van der Waals surface area contributed by atoms with E-state index in [2.05, 4.69) is 19.2 Å². The molecule has 0 unspecified atom stereocenters. The van der Waals surface area contributed by atoms with Crippen LogP contribution in [0, 0.1) is 0 Å². The molecular weight excluding hydrogens is 184 g/mol. The van der Waals surface area contributed by atoms with Crippen molar-refractivity contribution < 1.29 is 0 Å². The largest absolute Gasteiger partial charge is 0.327 e. The van der Waals surface area contributed by atoms with Gasteiger partial charge in [0.15, 0.2) is 0 Å². The summed E-state index contributed by atoms with van der Waals surface area (Å²) in [5, 5.41) is 3.37. The van der Waals surface area contributed by atoms with Gasteiger partial charge in [0.1, 0.15) is 0 Å². The van der Waals surface area contributed by atoms with Crippen molar-refractivity contribution in [3.8, 4) is 0 Å². The van der Waals surface area contributed by atoms with E-state index in [4.69, 9.17) is 5.73 Å². The number of rotatable bonds is 11. The van der Waals surface area contributed by atoms with Crippen LogP contribution in [0.5, 0.6) is 0 Å². The minimum Gasteiger partial charge on any atom is -0.327 e. The van der Waals surface area contributed by atoms with Crippen LogP contribution >= 0.6 is 0 Å². The van der Waals surface area contributed by atoms with E-state index in [-0.39, 0.29) is 0 Å². The van der Waals surface area contributed by atoms with Gasteiger partial charge in [-0.2, -0.15) is 0 Å². The monoisotopic (exact) mass is 214 g/mol. The fourth-order valence-corrected chi connectivity index (χ4v) is 1.75. The summed E-state index contributed by atoms with van der Waals surface area (Å²) in [5.74, 6) is 0. The SMILES string of the molecule is CCCCCCCC[C@H](N)CNCCC. The summed E-state index contributed by atoms with van der Waals surface area (Å²) in [7, 11) is 0. The quantitative estimate of drug-likeness (QED) is 0.519. The lowest BCUT2D eigenvalue weighted by atomic mass is 10.1. The molecule has 0 rings (SSSR count). The number of hydrogen-bond acceptors (Lipinski definition) is 2. The molecule has 0 fully saturated rings. The normalized spacial score (nSPS) is 13.0. The second-order valence-electron chi connectivity index (χ2n) is 4.52. The van der Waals surface area contributed by atoms with Gasteiger partial charge in [-0.1, -0.05) is 52.4 Å². The van der Waals surface area contributed by atoms with Crippen LogP contribution in [0.1, 0.15) is 65.2 Å². The smallest absolute Gasteiger partial charge is 0.0165 e. The molecule has 2 nitrogen and oxygen atoms in total. The van der Waals surface area contributed by atoms with Crippen LogP contribution in [-0.4, -0.2) is 19.1 Å². The Bertz CT molecular complexity index is 115. The molecule has 0 aromatic carbocycles. The van der Waals surface area contributed by atoms with Gasteiger partial charge in [0, 0.05) is 12.6 Å². The molecule has 2 heteroatoms. The third kappa shape index (κ3) is 11.8. The molecule has 0 saturated carbocycles. The summed E-state index contributed by atoms with van der Waals surface area (Å²) in [6.45, 7) is 6.54. The van der Waals surface area contributed by atoms with Gasteiger partial charge in [0.25, 0.3) is 0 Å². The molecule has 3 N–H and O–H groups in total. The third-order valence-corrected chi connectivity index (χ3v) is 2.76. The lowest BCUT2D eigenvalue weighted by molar-refractivity contribution is 0.503. The average Bonchev–Trinajstić information content (AvgIpc) is 2.23. The van der Waals surface area contributed by atoms with Crippen molar-refractivity contribution in [3.63, 3.8) is 0 Å². The predicted molar refractivity (Wildman–Crippen MR) is 69.1 cm³/mol. The first kappa shape index (κ1) is 14.9. The first-order valence-electron chi connectivity index (χ1n) is 6.77. The van der Waals surface area contributed by atoms with Crippen LogP contribution in [0.25, 0.3) is 0 Å². The Labute approximate surface area is 96.0 Å². The molecule has 0 amide bonds. The van der Waals surface area contributed by atoms with Gasteiger partial charge in [-0.3, -0.25) is 0 Å². The third-order valence-electron chi connectivity index (χ3n) is 2.76.